The van der Waals surface area contributed by atoms with Crippen LogP contribution in [0.3, 0.4) is 0 Å². The molecule has 60 heavy (non-hydrogen) atoms. The molecule has 0 saturated carbocycles. The van der Waals surface area contributed by atoms with E-state index >= 15 is 0 Å². The van der Waals surface area contributed by atoms with E-state index in [2.05, 4.69) is 188 Å². The Balaban J connectivity index is 1.08. The van der Waals surface area contributed by atoms with Gasteiger partial charge in [0.15, 0.2) is 17.5 Å². The van der Waals surface area contributed by atoms with Gasteiger partial charge in [0, 0.05) is 53.2 Å². The highest BCUT2D eigenvalue weighted by Gasteiger charge is 2.22. The SMILES string of the molecule is c1ccc(-c2ccc(-c3nc(-c4ccc5c(c4)sc4ccccc45)nc(-c4ccc(-c5ccc(-c6ccccc6)cc5)c5oc6cc7ccccc7cc6c45)n3)cc2)cc1. The third-order valence-corrected chi connectivity index (χ3v) is 12.7. The third-order valence-electron chi connectivity index (χ3n) is 11.6. The van der Waals surface area contributed by atoms with Gasteiger partial charge in [-0.25, -0.2) is 15.0 Å². The molecule has 0 aliphatic carbocycles. The quantitative estimate of drug-likeness (QED) is 0.169. The van der Waals surface area contributed by atoms with E-state index in [-0.39, 0.29) is 0 Å². The van der Waals surface area contributed by atoms with Crippen molar-refractivity contribution in [3.8, 4) is 67.5 Å². The van der Waals surface area contributed by atoms with Crippen molar-refractivity contribution < 1.29 is 4.42 Å². The van der Waals surface area contributed by atoms with Crippen molar-refractivity contribution in [2.24, 2.45) is 0 Å². The van der Waals surface area contributed by atoms with Crippen LogP contribution in [-0.2, 0) is 0 Å². The minimum atomic E-state index is 0.588. The largest absolute Gasteiger partial charge is 0.455 e. The molecular formula is C55H33N3OS. The fraction of sp³-hybridized carbons (Fsp3) is 0. The molecular weight excluding hydrogens is 751 g/mol. The van der Waals surface area contributed by atoms with Crippen molar-refractivity contribution in [3.05, 3.63) is 200 Å². The van der Waals surface area contributed by atoms with Gasteiger partial charge in [-0.05, 0) is 75.0 Å². The number of hydrogen-bond acceptors (Lipinski definition) is 5. The van der Waals surface area contributed by atoms with Gasteiger partial charge in [0.2, 0.25) is 0 Å². The average molecular weight is 784 g/mol. The van der Waals surface area contributed by atoms with Crippen LogP contribution >= 0.6 is 11.3 Å². The van der Waals surface area contributed by atoms with Crippen molar-refractivity contribution in [2.75, 3.05) is 0 Å². The second kappa shape index (κ2) is 14.0. The Labute approximate surface area is 349 Å². The molecule has 0 radical (unpaired) electrons. The van der Waals surface area contributed by atoms with Crippen molar-refractivity contribution in [2.45, 2.75) is 0 Å². The van der Waals surface area contributed by atoms with E-state index in [1.807, 2.05) is 12.1 Å². The molecule has 280 valence electrons. The fourth-order valence-corrected chi connectivity index (χ4v) is 9.66. The van der Waals surface area contributed by atoms with Gasteiger partial charge in [-0.2, -0.15) is 0 Å². The Hall–Kier alpha value is -7.73. The number of hydrogen-bond donors (Lipinski definition) is 0. The zero-order chi connectivity index (χ0) is 39.6. The van der Waals surface area contributed by atoms with Crippen LogP contribution < -0.4 is 0 Å². The highest BCUT2D eigenvalue weighted by molar-refractivity contribution is 7.25. The number of fused-ring (bicyclic) bond motifs is 7. The zero-order valence-electron chi connectivity index (χ0n) is 32.2. The van der Waals surface area contributed by atoms with Gasteiger partial charge in [-0.3, -0.25) is 0 Å². The first-order chi connectivity index (χ1) is 29.7. The van der Waals surface area contributed by atoms with Crippen molar-refractivity contribution in [1.29, 1.82) is 0 Å². The first-order valence-corrected chi connectivity index (χ1v) is 20.9. The van der Waals surface area contributed by atoms with E-state index in [1.54, 1.807) is 11.3 Å². The van der Waals surface area contributed by atoms with Gasteiger partial charge in [0.1, 0.15) is 11.2 Å². The van der Waals surface area contributed by atoms with Crippen molar-refractivity contribution in [3.63, 3.8) is 0 Å². The predicted molar refractivity (Wildman–Crippen MR) is 250 cm³/mol. The molecule has 3 aromatic heterocycles. The molecule has 4 nitrogen and oxygen atoms in total. The number of nitrogens with zero attached hydrogens (tertiary/aromatic N) is 3. The summed E-state index contributed by atoms with van der Waals surface area (Å²) < 4.78 is 9.37. The Bertz CT molecular complexity index is 3570. The molecule has 0 fully saturated rings. The number of thiophene rings is 1. The highest BCUT2D eigenvalue weighted by Crippen LogP contribution is 2.43. The van der Waals surface area contributed by atoms with E-state index in [0.29, 0.717) is 17.5 Å². The summed E-state index contributed by atoms with van der Waals surface area (Å²) in [7, 11) is 0. The summed E-state index contributed by atoms with van der Waals surface area (Å²) in [5, 5.41) is 6.75. The molecule has 3 heterocycles. The van der Waals surface area contributed by atoms with Crippen LogP contribution in [0.15, 0.2) is 205 Å². The predicted octanol–water partition coefficient (Wildman–Crippen LogP) is 15.3. The number of aromatic nitrogens is 3. The first-order valence-electron chi connectivity index (χ1n) is 20.1. The smallest absolute Gasteiger partial charge is 0.164 e. The van der Waals surface area contributed by atoms with Crippen LogP contribution in [0.1, 0.15) is 0 Å². The topological polar surface area (TPSA) is 51.8 Å². The van der Waals surface area contributed by atoms with E-state index in [4.69, 9.17) is 19.4 Å². The molecule has 0 unspecified atom stereocenters. The molecule has 0 N–H and O–H groups in total. The monoisotopic (exact) mass is 783 g/mol. The average Bonchev–Trinajstić information content (AvgIpc) is 3.89. The summed E-state index contributed by atoms with van der Waals surface area (Å²) in [6.07, 6.45) is 0. The molecule has 12 rings (SSSR count). The third kappa shape index (κ3) is 5.86. The molecule has 0 spiro atoms. The van der Waals surface area contributed by atoms with E-state index in [9.17, 15) is 0 Å². The lowest BCUT2D eigenvalue weighted by Gasteiger charge is -2.12. The van der Waals surface area contributed by atoms with Crippen LogP contribution in [-0.4, -0.2) is 15.0 Å². The van der Waals surface area contributed by atoms with Gasteiger partial charge in [0.25, 0.3) is 0 Å². The molecule has 0 amide bonds. The lowest BCUT2D eigenvalue weighted by molar-refractivity contribution is 0.670. The summed E-state index contributed by atoms with van der Waals surface area (Å²) in [4.78, 5) is 15.8. The lowest BCUT2D eigenvalue weighted by atomic mass is 9.95. The van der Waals surface area contributed by atoms with E-state index < -0.39 is 0 Å². The highest BCUT2D eigenvalue weighted by atomic mass is 32.1. The Kier molecular flexibility index (Phi) is 8.00. The minimum Gasteiger partial charge on any atom is -0.455 e. The Morgan fingerprint density at radius 1 is 0.333 bits per heavy atom. The molecule has 0 bridgehead atoms. The number of benzene rings is 9. The molecule has 0 saturated heterocycles. The van der Waals surface area contributed by atoms with Crippen LogP contribution in [0.5, 0.6) is 0 Å². The van der Waals surface area contributed by atoms with Crippen LogP contribution in [0.2, 0.25) is 0 Å². The van der Waals surface area contributed by atoms with Gasteiger partial charge < -0.3 is 4.42 Å². The minimum absolute atomic E-state index is 0.588. The normalized spacial score (nSPS) is 11.7. The summed E-state index contributed by atoms with van der Waals surface area (Å²) in [5.74, 6) is 1.82. The number of furan rings is 1. The summed E-state index contributed by atoms with van der Waals surface area (Å²) >= 11 is 1.79. The molecule has 12 aromatic rings. The summed E-state index contributed by atoms with van der Waals surface area (Å²) in [6, 6.07) is 70.4. The summed E-state index contributed by atoms with van der Waals surface area (Å²) in [5.41, 5.74) is 11.1. The fourth-order valence-electron chi connectivity index (χ4n) is 8.51. The Morgan fingerprint density at radius 2 is 0.850 bits per heavy atom. The van der Waals surface area contributed by atoms with Crippen LogP contribution in [0, 0.1) is 0 Å². The molecule has 5 heteroatoms. The molecule has 9 aromatic carbocycles. The van der Waals surface area contributed by atoms with Crippen molar-refractivity contribution >= 4 is 64.2 Å². The molecule has 0 aliphatic heterocycles. The van der Waals surface area contributed by atoms with Gasteiger partial charge in [-0.15, -0.1) is 11.3 Å². The first kappa shape index (κ1) is 34.3. The molecule has 0 aliphatic rings. The van der Waals surface area contributed by atoms with Gasteiger partial charge >= 0.3 is 0 Å². The maximum Gasteiger partial charge on any atom is 0.164 e. The second-order valence-corrected chi connectivity index (χ2v) is 16.2. The zero-order valence-corrected chi connectivity index (χ0v) is 33.0. The maximum atomic E-state index is 6.92. The van der Waals surface area contributed by atoms with Crippen LogP contribution in [0.4, 0.5) is 0 Å². The maximum absolute atomic E-state index is 6.92. The van der Waals surface area contributed by atoms with Crippen LogP contribution in [0.25, 0.3) is 120 Å². The van der Waals surface area contributed by atoms with E-state index in [1.165, 1.54) is 31.3 Å². The standard InChI is InChI=1S/C55H33N3OS/c1-3-11-34(12-4-1)36-19-23-38(24-20-36)43-29-30-46(51-47-31-40-15-7-8-16-41(40)32-48(47)59-52(43)51)55-57-53(39-25-21-37(22-26-39)35-13-5-2-6-14-35)56-54(58-55)42-27-28-45-44-17-9-10-18-49(44)60-50(45)33-42/h1-33H. The summed E-state index contributed by atoms with van der Waals surface area (Å²) in [6.45, 7) is 0. The Morgan fingerprint density at radius 3 is 1.57 bits per heavy atom. The number of rotatable bonds is 6. The lowest BCUT2D eigenvalue weighted by Crippen LogP contribution is -2.00. The van der Waals surface area contributed by atoms with Gasteiger partial charge in [0.05, 0.1) is 0 Å². The van der Waals surface area contributed by atoms with E-state index in [0.717, 1.165) is 71.7 Å². The van der Waals surface area contributed by atoms with Gasteiger partial charge in [-0.1, -0.05) is 164 Å². The second-order valence-electron chi connectivity index (χ2n) is 15.2. The van der Waals surface area contributed by atoms with Crippen molar-refractivity contribution in [1.82, 2.24) is 15.0 Å². The molecule has 0 atom stereocenters.